The van der Waals surface area contributed by atoms with Crippen LogP contribution in [0.25, 0.3) is 22.6 Å². The van der Waals surface area contributed by atoms with Gasteiger partial charge in [0.25, 0.3) is 5.91 Å². The summed E-state index contributed by atoms with van der Waals surface area (Å²) in [7, 11) is 0. The van der Waals surface area contributed by atoms with Crippen LogP contribution in [0.15, 0.2) is 34.7 Å². The Morgan fingerprint density at radius 3 is 2.67 bits per heavy atom. The van der Waals surface area contributed by atoms with Gasteiger partial charge in [0, 0.05) is 17.2 Å². The summed E-state index contributed by atoms with van der Waals surface area (Å²) in [4.78, 5) is 16.7. The molecular weight excluding hydrogens is 354 g/mol. The second-order valence-corrected chi connectivity index (χ2v) is 6.80. The van der Waals surface area contributed by atoms with E-state index in [0.29, 0.717) is 16.7 Å². The Bertz CT molecular complexity index is 987. The Kier molecular flexibility index (Phi) is 4.51. The molecule has 2 aromatic carbocycles. The van der Waals surface area contributed by atoms with Crippen molar-refractivity contribution in [2.24, 2.45) is 0 Å². The van der Waals surface area contributed by atoms with Crippen LogP contribution in [0.3, 0.4) is 0 Å². The zero-order valence-corrected chi connectivity index (χ0v) is 14.5. The van der Waals surface area contributed by atoms with Gasteiger partial charge in [-0.1, -0.05) is 19.3 Å². The van der Waals surface area contributed by atoms with E-state index in [0.717, 1.165) is 37.8 Å². The first kappa shape index (κ1) is 17.5. The van der Waals surface area contributed by atoms with E-state index in [2.05, 4.69) is 10.3 Å². The van der Waals surface area contributed by atoms with Crippen LogP contribution in [0, 0.1) is 11.6 Å². The van der Waals surface area contributed by atoms with Crippen LogP contribution in [0.4, 0.5) is 8.78 Å². The number of nitrogens with one attached hydrogen (secondary N) is 1. The van der Waals surface area contributed by atoms with Gasteiger partial charge in [-0.05, 0) is 43.2 Å². The molecule has 0 bridgehead atoms. The number of rotatable bonds is 3. The first-order valence-corrected chi connectivity index (χ1v) is 8.91. The number of aromatic hydroxyl groups is 1. The topological polar surface area (TPSA) is 75.4 Å². The van der Waals surface area contributed by atoms with Crippen molar-refractivity contribution in [2.75, 3.05) is 0 Å². The highest BCUT2D eigenvalue weighted by Crippen LogP contribution is 2.30. The zero-order valence-electron chi connectivity index (χ0n) is 14.5. The molecule has 2 N–H and O–H groups in total. The summed E-state index contributed by atoms with van der Waals surface area (Å²) in [5.74, 6) is -3.47. The monoisotopic (exact) mass is 372 g/mol. The first-order chi connectivity index (χ1) is 13.0. The Morgan fingerprint density at radius 1 is 1.15 bits per heavy atom. The number of aromatic nitrogens is 1. The molecule has 7 heteroatoms. The molecule has 0 aliphatic heterocycles. The molecule has 27 heavy (non-hydrogen) atoms. The molecule has 4 rings (SSSR count). The van der Waals surface area contributed by atoms with Crippen LogP contribution in [-0.2, 0) is 0 Å². The molecule has 1 heterocycles. The molecular formula is C20H18F2N2O3. The number of hydrogen-bond donors (Lipinski definition) is 2. The van der Waals surface area contributed by atoms with Gasteiger partial charge in [-0.15, -0.1) is 0 Å². The maximum absolute atomic E-state index is 13.5. The Balaban J connectivity index is 1.61. The summed E-state index contributed by atoms with van der Waals surface area (Å²) in [6.45, 7) is 0. The highest BCUT2D eigenvalue weighted by molar-refractivity contribution is 5.97. The van der Waals surface area contributed by atoms with Crippen molar-refractivity contribution in [3.8, 4) is 17.2 Å². The van der Waals surface area contributed by atoms with Gasteiger partial charge in [0.2, 0.25) is 5.89 Å². The van der Waals surface area contributed by atoms with E-state index in [9.17, 15) is 18.7 Å². The fourth-order valence-electron chi connectivity index (χ4n) is 3.41. The van der Waals surface area contributed by atoms with Gasteiger partial charge in [-0.25, -0.2) is 9.37 Å². The molecule has 140 valence electrons. The highest BCUT2D eigenvalue weighted by atomic mass is 19.2. The summed E-state index contributed by atoms with van der Waals surface area (Å²) in [6, 6.07) is 6.98. The number of oxazole rings is 1. The van der Waals surface area contributed by atoms with E-state index in [-0.39, 0.29) is 23.4 Å². The number of carbonyl (C=O) groups excluding carboxylic acids is 1. The van der Waals surface area contributed by atoms with Crippen LogP contribution in [0.2, 0.25) is 0 Å². The number of phenols is 1. The zero-order chi connectivity index (χ0) is 19.0. The third-order valence-corrected chi connectivity index (χ3v) is 4.85. The van der Waals surface area contributed by atoms with Gasteiger partial charge in [-0.3, -0.25) is 4.79 Å². The van der Waals surface area contributed by atoms with Crippen LogP contribution in [0.1, 0.15) is 42.5 Å². The van der Waals surface area contributed by atoms with Crippen molar-refractivity contribution in [3.05, 3.63) is 47.5 Å². The SMILES string of the molecule is O=C(NC1CCCCC1)c1ccc2oc(-c3cc(O)c(F)c(F)c3)nc2c1. The number of amides is 1. The number of fused-ring (bicyclic) bond motifs is 1. The van der Waals surface area contributed by atoms with Crippen LogP contribution < -0.4 is 5.32 Å². The highest BCUT2D eigenvalue weighted by Gasteiger charge is 2.19. The van der Waals surface area contributed by atoms with Crippen molar-refractivity contribution >= 4 is 17.0 Å². The summed E-state index contributed by atoms with van der Waals surface area (Å²) in [6.07, 6.45) is 5.43. The van der Waals surface area contributed by atoms with Gasteiger partial charge >= 0.3 is 0 Å². The third kappa shape index (κ3) is 3.49. The molecule has 1 aliphatic rings. The molecule has 0 atom stereocenters. The Hall–Kier alpha value is -2.96. The predicted molar refractivity (Wildman–Crippen MR) is 95.4 cm³/mol. The minimum atomic E-state index is -1.32. The Morgan fingerprint density at radius 2 is 1.93 bits per heavy atom. The Labute approximate surface area is 154 Å². The minimum absolute atomic E-state index is 0.0315. The molecule has 1 saturated carbocycles. The van der Waals surface area contributed by atoms with E-state index in [1.54, 1.807) is 18.2 Å². The molecule has 1 aromatic heterocycles. The lowest BCUT2D eigenvalue weighted by molar-refractivity contribution is 0.0928. The molecule has 0 radical (unpaired) electrons. The van der Waals surface area contributed by atoms with E-state index in [4.69, 9.17) is 4.42 Å². The fraction of sp³-hybridized carbons (Fsp3) is 0.300. The smallest absolute Gasteiger partial charge is 0.251 e. The van der Waals surface area contributed by atoms with Gasteiger partial charge in [-0.2, -0.15) is 4.39 Å². The molecule has 0 saturated heterocycles. The second kappa shape index (κ2) is 6.98. The maximum Gasteiger partial charge on any atom is 0.251 e. The number of benzene rings is 2. The average molecular weight is 372 g/mol. The van der Waals surface area contributed by atoms with Crippen molar-refractivity contribution in [1.82, 2.24) is 10.3 Å². The molecule has 1 fully saturated rings. The number of halogens is 2. The van der Waals surface area contributed by atoms with Crippen molar-refractivity contribution in [1.29, 1.82) is 0 Å². The maximum atomic E-state index is 13.5. The number of phenolic OH excluding ortho intramolecular Hbond substituents is 1. The number of carbonyl (C=O) groups is 1. The molecule has 3 aromatic rings. The van der Waals surface area contributed by atoms with Crippen molar-refractivity contribution < 1.29 is 23.1 Å². The van der Waals surface area contributed by atoms with Gasteiger partial charge in [0.15, 0.2) is 23.0 Å². The lowest BCUT2D eigenvalue weighted by Gasteiger charge is -2.22. The fourth-order valence-corrected chi connectivity index (χ4v) is 3.41. The van der Waals surface area contributed by atoms with Gasteiger partial charge in [0.05, 0.1) is 0 Å². The molecule has 5 nitrogen and oxygen atoms in total. The minimum Gasteiger partial charge on any atom is -0.505 e. The standard InChI is InChI=1S/C20H18F2N2O3/c21-14-8-12(10-16(25)18(14)22)20-24-15-9-11(6-7-17(15)27-20)19(26)23-13-4-2-1-3-5-13/h6-10,13,25H,1-5H2,(H,23,26). The van der Waals surface area contributed by atoms with Crippen LogP contribution >= 0.6 is 0 Å². The van der Waals surface area contributed by atoms with E-state index >= 15 is 0 Å². The molecule has 1 amide bonds. The summed E-state index contributed by atoms with van der Waals surface area (Å²) >= 11 is 0. The summed E-state index contributed by atoms with van der Waals surface area (Å²) in [5.41, 5.74) is 1.39. The second-order valence-electron chi connectivity index (χ2n) is 6.80. The predicted octanol–water partition coefficient (Wildman–Crippen LogP) is 4.54. The van der Waals surface area contributed by atoms with E-state index < -0.39 is 17.4 Å². The third-order valence-electron chi connectivity index (χ3n) is 4.85. The first-order valence-electron chi connectivity index (χ1n) is 8.91. The summed E-state index contributed by atoms with van der Waals surface area (Å²) < 4.78 is 32.3. The molecule has 0 unspecified atom stereocenters. The van der Waals surface area contributed by atoms with Crippen molar-refractivity contribution in [2.45, 2.75) is 38.1 Å². The van der Waals surface area contributed by atoms with E-state index in [1.807, 2.05) is 0 Å². The van der Waals surface area contributed by atoms with E-state index in [1.165, 1.54) is 6.42 Å². The van der Waals surface area contributed by atoms with Gasteiger partial charge in [0.1, 0.15) is 5.52 Å². The molecule has 0 spiro atoms. The quantitative estimate of drug-likeness (QED) is 0.708. The lowest BCUT2D eigenvalue weighted by atomic mass is 9.95. The van der Waals surface area contributed by atoms with Crippen molar-refractivity contribution in [3.63, 3.8) is 0 Å². The number of hydrogen-bond acceptors (Lipinski definition) is 4. The normalized spacial score (nSPS) is 15.2. The lowest BCUT2D eigenvalue weighted by Crippen LogP contribution is -2.36. The largest absolute Gasteiger partial charge is 0.505 e. The number of nitrogens with zero attached hydrogens (tertiary/aromatic N) is 1. The van der Waals surface area contributed by atoms with Crippen LogP contribution in [-0.4, -0.2) is 22.0 Å². The van der Waals surface area contributed by atoms with Crippen LogP contribution in [0.5, 0.6) is 5.75 Å². The average Bonchev–Trinajstić information content (AvgIpc) is 3.10. The molecule has 1 aliphatic carbocycles. The summed E-state index contributed by atoms with van der Waals surface area (Å²) in [5, 5.41) is 12.5. The van der Waals surface area contributed by atoms with Gasteiger partial charge < -0.3 is 14.8 Å².